The molecule has 6 nitrogen and oxygen atoms in total. The predicted molar refractivity (Wildman–Crippen MR) is 140 cm³/mol. The molecule has 3 heterocycles. The fourth-order valence-electron chi connectivity index (χ4n) is 7.41. The molecule has 2 aromatic heterocycles. The molecule has 5 aliphatic carbocycles. The summed E-state index contributed by atoms with van der Waals surface area (Å²) in [4.78, 5) is 20.1. The smallest absolute Gasteiger partial charge is 0.224 e. The molecule has 1 atom stereocenters. The number of carbonyl (C=O) groups excluding carboxylic acids is 1. The van der Waals surface area contributed by atoms with Crippen LogP contribution < -0.4 is 5.32 Å². The number of thiophene rings is 1. The van der Waals surface area contributed by atoms with Gasteiger partial charge in [-0.1, -0.05) is 43.1 Å². The summed E-state index contributed by atoms with van der Waals surface area (Å²) in [6.45, 7) is 4.29. The van der Waals surface area contributed by atoms with E-state index in [9.17, 15) is 4.79 Å². The number of aryl methyl sites for hydroxylation is 1. The summed E-state index contributed by atoms with van der Waals surface area (Å²) < 4.78 is 2.22. The van der Waals surface area contributed by atoms with Gasteiger partial charge in [0.15, 0.2) is 5.82 Å². The van der Waals surface area contributed by atoms with E-state index in [1.165, 1.54) is 16.9 Å². The van der Waals surface area contributed by atoms with Gasteiger partial charge in [-0.05, 0) is 68.9 Å². The van der Waals surface area contributed by atoms with Crippen LogP contribution in [0.3, 0.4) is 0 Å². The lowest BCUT2D eigenvalue weighted by molar-refractivity contribution is -0.168. The second-order valence-electron chi connectivity index (χ2n) is 11.8. The molecule has 6 aliphatic rings. The van der Waals surface area contributed by atoms with Crippen LogP contribution in [0.1, 0.15) is 78.7 Å². The summed E-state index contributed by atoms with van der Waals surface area (Å²) in [5.41, 5.74) is 4.55. The molecule has 0 radical (unpaired) electrons. The molecule has 4 fully saturated rings. The number of rotatable bonds is 4. The van der Waals surface area contributed by atoms with Crippen LogP contribution in [-0.4, -0.2) is 31.9 Å². The summed E-state index contributed by atoms with van der Waals surface area (Å²) >= 11 is 8.53. The number of aromatic nitrogens is 3. The molecule has 36 heavy (non-hydrogen) atoms. The van der Waals surface area contributed by atoms with Crippen LogP contribution in [0, 0.1) is 18.3 Å². The number of amides is 1. The van der Waals surface area contributed by atoms with Crippen molar-refractivity contribution in [1.82, 2.24) is 20.1 Å². The number of nitrogens with zero attached hydrogens (tertiary/aromatic N) is 4. The first kappa shape index (κ1) is 21.6. The van der Waals surface area contributed by atoms with Gasteiger partial charge < -0.3 is 5.32 Å². The first-order valence-electron chi connectivity index (χ1n) is 13.1. The number of fused-ring (bicyclic) bond motifs is 6. The molecule has 1 aromatic carbocycles. The van der Waals surface area contributed by atoms with Crippen molar-refractivity contribution in [2.45, 2.75) is 76.3 Å². The van der Waals surface area contributed by atoms with Gasteiger partial charge in [0.25, 0.3) is 0 Å². The number of halogens is 1. The van der Waals surface area contributed by atoms with Crippen LogP contribution in [0.5, 0.6) is 0 Å². The van der Waals surface area contributed by atoms with E-state index in [1.54, 1.807) is 11.3 Å². The SMILES string of the molecule is CCC12CC(NC(=O)[C@@H]3Cc4sc5c(c4C3)C(c3ccccc3Cl)=NC3(CC3)c3nnc(C)n3-5)(C1)C2. The quantitative estimate of drug-likeness (QED) is 0.510. The highest BCUT2D eigenvalue weighted by Gasteiger charge is 2.67. The van der Waals surface area contributed by atoms with E-state index in [1.807, 2.05) is 25.1 Å². The Morgan fingerprint density at radius 3 is 2.69 bits per heavy atom. The molecule has 1 amide bonds. The van der Waals surface area contributed by atoms with E-state index in [4.69, 9.17) is 16.6 Å². The lowest BCUT2D eigenvalue weighted by atomic mass is 9.38. The summed E-state index contributed by atoms with van der Waals surface area (Å²) in [7, 11) is 0. The maximum Gasteiger partial charge on any atom is 0.224 e. The van der Waals surface area contributed by atoms with Gasteiger partial charge in [0, 0.05) is 32.5 Å². The molecule has 1 spiro atoms. The van der Waals surface area contributed by atoms with Gasteiger partial charge in [-0.3, -0.25) is 14.4 Å². The Balaban J connectivity index is 1.21. The van der Waals surface area contributed by atoms with Crippen molar-refractivity contribution >= 4 is 34.6 Å². The zero-order valence-corrected chi connectivity index (χ0v) is 22.1. The van der Waals surface area contributed by atoms with E-state index < -0.39 is 0 Å². The van der Waals surface area contributed by atoms with Crippen LogP contribution >= 0.6 is 22.9 Å². The standard InChI is InChI=1S/C28H28ClN5OS/c1-3-26-12-27(13-26,14-26)31-23(35)16-10-18-20(11-16)36-24-21(18)22(17-6-4-5-7-19(17)29)30-28(8-9-28)25-33-32-15(2)34(24)25/h4-7,16H,3,8-14H2,1-2H3,(H,31,35)/t16-,26?,27?/m0/s1. The highest BCUT2D eigenvalue weighted by atomic mass is 35.5. The fourth-order valence-corrected chi connectivity index (χ4v) is 9.09. The van der Waals surface area contributed by atoms with Gasteiger partial charge in [-0.25, -0.2) is 0 Å². The normalized spacial score (nSPS) is 29.9. The van der Waals surface area contributed by atoms with E-state index in [2.05, 4.69) is 33.1 Å². The van der Waals surface area contributed by atoms with Crippen molar-refractivity contribution in [3.63, 3.8) is 0 Å². The molecule has 9 rings (SSSR count). The summed E-state index contributed by atoms with van der Waals surface area (Å²) in [6.07, 6.45) is 8.16. The van der Waals surface area contributed by atoms with E-state index in [-0.39, 0.29) is 22.9 Å². The Morgan fingerprint density at radius 2 is 1.97 bits per heavy atom. The lowest BCUT2D eigenvalue weighted by Crippen LogP contribution is -2.74. The van der Waals surface area contributed by atoms with E-state index >= 15 is 0 Å². The highest BCUT2D eigenvalue weighted by Crippen LogP contribution is 2.69. The first-order chi connectivity index (χ1) is 17.3. The topological polar surface area (TPSA) is 72.2 Å². The number of benzene rings is 1. The van der Waals surface area contributed by atoms with E-state index in [0.717, 1.165) is 78.4 Å². The first-order valence-corrected chi connectivity index (χ1v) is 14.3. The summed E-state index contributed by atoms with van der Waals surface area (Å²) in [5, 5.41) is 14.3. The van der Waals surface area contributed by atoms with Crippen LogP contribution in [0.15, 0.2) is 29.3 Å². The number of hydrogen-bond acceptors (Lipinski definition) is 5. The minimum absolute atomic E-state index is 0.0183. The monoisotopic (exact) mass is 517 g/mol. The molecule has 1 N–H and O–H groups in total. The predicted octanol–water partition coefficient (Wildman–Crippen LogP) is 5.29. The van der Waals surface area contributed by atoms with Gasteiger partial charge in [-0.15, -0.1) is 21.5 Å². The summed E-state index contributed by atoms with van der Waals surface area (Å²) in [6, 6.07) is 7.98. The maximum absolute atomic E-state index is 13.4. The average Bonchev–Trinajstić information content (AvgIpc) is 3.15. The third-order valence-corrected chi connectivity index (χ3v) is 11.0. The number of aliphatic imine (C=N–C) groups is 1. The Hall–Kier alpha value is -2.51. The fraction of sp³-hybridized carbons (Fsp3) is 0.500. The van der Waals surface area contributed by atoms with Crippen LogP contribution in [0.25, 0.3) is 5.00 Å². The molecule has 0 unspecified atom stereocenters. The van der Waals surface area contributed by atoms with Gasteiger partial charge in [-0.2, -0.15) is 0 Å². The molecular weight excluding hydrogens is 490 g/mol. The maximum atomic E-state index is 13.4. The Kier molecular flexibility index (Phi) is 4.11. The molecule has 1 aliphatic heterocycles. The minimum atomic E-state index is -0.337. The van der Waals surface area contributed by atoms with Crippen molar-refractivity contribution < 1.29 is 4.79 Å². The molecule has 8 heteroatoms. The van der Waals surface area contributed by atoms with Crippen molar-refractivity contribution in [3.8, 4) is 5.00 Å². The zero-order valence-electron chi connectivity index (χ0n) is 20.5. The van der Waals surface area contributed by atoms with Crippen molar-refractivity contribution in [1.29, 1.82) is 0 Å². The third kappa shape index (κ3) is 2.73. The Labute approximate surface area is 219 Å². The van der Waals surface area contributed by atoms with Gasteiger partial charge >= 0.3 is 0 Å². The van der Waals surface area contributed by atoms with Crippen LogP contribution in [0.2, 0.25) is 5.02 Å². The number of hydrogen-bond donors (Lipinski definition) is 1. The molecule has 4 saturated carbocycles. The molecule has 3 aromatic rings. The molecule has 0 saturated heterocycles. The average molecular weight is 518 g/mol. The van der Waals surface area contributed by atoms with Crippen molar-refractivity contribution in [3.05, 3.63) is 62.5 Å². The Bertz CT molecular complexity index is 1490. The van der Waals surface area contributed by atoms with Crippen LogP contribution in [0.4, 0.5) is 0 Å². The minimum Gasteiger partial charge on any atom is -0.350 e. The zero-order chi connectivity index (χ0) is 24.4. The van der Waals surface area contributed by atoms with Gasteiger partial charge in [0.1, 0.15) is 16.4 Å². The number of nitrogens with one attached hydrogen (secondary N) is 1. The van der Waals surface area contributed by atoms with Gasteiger partial charge in [0.05, 0.1) is 5.71 Å². The molecule has 2 bridgehead atoms. The van der Waals surface area contributed by atoms with Crippen molar-refractivity contribution in [2.24, 2.45) is 16.3 Å². The Morgan fingerprint density at radius 1 is 1.19 bits per heavy atom. The largest absolute Gasteiger partial charge is 0.350 e. The van der Waals surface area contributed by atoms with Crippen LogP contribution in [-0.2, 0) is 23.2 Å². The van der Waals surface area contributed by atoms with Gasteiger partial charge in [0.2, 0.25) is 5.91 Å². The highest BCUT2D eigenvalue weighted by molar-refractivity contribution is 7.15. The number of carbonyl (C=O) groups is 1. The third-order valence-electron chi connectivity index (χ3n) is 9.46. The molecule has 184 valence electrons. The second kappa shape index (κ2) is 6.87. The lowest BCUT2D eigenvalue weighted by Gasteiger charge is -2.71. The summed E-state index contributed by atoms with van der Waals surface area (Å²) in [5.74, 6) is 2.03. The van der Waals surface area contributed by atoms with Crippen molar-refractivity contribution in [2.75, 3.05) is 0 Å². The molecular formula is C28H28ClN5OS. The van der Waals surface area contributed by atoms with E-state index in [0.29, 0.717) is 10.4 Å². The second-order valence-corrected chi connectivity index (χ2v) is 13.3.